The smallest absolute Gasteiger partial charge is 0.338 e. The number of phenolic OH excluding ortho intramolecular Hbond substituents is 1. The number of esters is 1. The van der Waals surface area contributed by atoms with Crippen LogP contribution in [0, 0.1) is 0 Å². The maximum absolute atomic E-state index is 12.7. The van der Waals surface area contributed by atoms with E-state index < -0.39 is 11.6 Å². The van der Waals surface area contributed by atoms with Crippen molar-refractivity contribution in [2.24, 2.45) is 0 Å². The summed E-state index contributed by atoms with van der Waals surface area (Å²) < 4.78 is 32.0. The highest BCUT2D eigenvalue weighted by molar-refractivity contribution is 6.22. The molecule has 8 nitrogen and oxygen atoms in total. The molecule has 0 bridgehead atoms. The van der Waals surface area contributed by atoms with Gasteiger partial charge >= 0.3 is 5.97 Å². The third-order valence-electron chi connectivity index (χ3n) is 4.86. The monoisotopic (exact) mass is 456 g/mol. The second-order valence-electron chi connectivity index (χ2n) is 7.76. The molecule has 0 atom stereocenters. The summed E-state index contributed by atoms with van der Waals surface area (Å²) in [6.45, 7) is 3.86. The molecule has 0 unspecified atom stereocenters. The normalized spacial score (nSPS) is 14.3. The molecule has 1 aliphatic rings. The Hall–Kier alpha value is -3.49. The number of hydrogen-bond acceptors (Lipinski definition) is 8. The van der Waals surface area contributed by atoms with Crippen LogP contribution in [-0.4, -0.2) is 51.6 Å². The largest absolute Gasteiger partial charge is 0.507 e. The highest BCUT2D eigenvalue weighted by Gasteiger charge is 2.25. The number of methoxy groups -OCH3 is 3. The summed E-state index contributed by atoms with van der Waals surface area (Å²) in [6.07, 6.45) is 5.21. The molecule has 1 aliphatic heterocycles. The van der Waals surface area contributed by atoms with Gasteiger partial charge in [-0.1, -0.05) is 0 Å². The van der Waals surface area contributed by atoms with Gasteiger partial charge in [-0.15, -0.1) is 0 Å². The van der Waals surface area contributed by atoms with Crippen LogP contribution < -0.4 is 14.2 Å². The molecule has 2 aromatic rings. The highest BCUT2D eigenvalue weighted by atomic mass is 16.7. The van der Waals surface area contributed by atoms with Gasteiger partial charge in [0.1, 0.15) is 28.6 Å². The van der Waals surface area contributed by atoms with Gasteiger partial charge in [0.25, 0.3) is 0 Å². The SMILES string of the molecule is COCOc1ccc(C(=Cc2ccc3c(c2O)C=CC(C)(C)O3)C(=O)OC)c(OCOC)c1. The fourth-order valence-electron chi connectivity index (χ4n) is 3.27. The van der Waals surface area contributed by atoms with Gasteiger partial charge in [0, 0.05) is 31.4 Å². The molecular formula is C25H28O8. The lowest BCUT2D eigenvalue weighted by atomic mass is 9.97. The second kappa shape index (κ2) is 10.4. The summed E-state index contributed by atoms with van der Waals surface area (Å²) in [5, 5.41) is 10.9. The van der Waals surface area contributed by atoms with Crippen molar-refractivity contribution >= 4 is 23.7 Å². The van der Waals surface area contributed by atoms with Gasteiger partial charge in [0.2, 0.25) is 0 Å². The van der Waals surface area contributed by atoms with Crippen LogP contribution in [0.1, 0.15) is 30.5 Å². The number of carbonyl (C=O) groups excluding carboxylic acids is 1. The number of hydrogen-bond donors (Lipinski definition) is 1. The van der Waals surface area contributed by atoms with Gasteiger partial charge in [-0.2, -0.15) is 0 Å². The zero-order valence-electron chi connectivity index (χ0n) is 19.3. The van der Waals surface area contributed by atoms with Crippen molar-refractivity contribution in [3.8, 4) is 23.0 Å². The lowest BCUT2D eigenvalue weighted by molar-refractivity contribution is -0.133. The van der Waals surface area contributed by atoms with E-state index in [9.17, 15) is 9.90 Å². The molecule has 1 heterocycles. The van der Waals surface area contributed by atoms with Crippen molar-refractivity contribution in [3.05, 3.63) is 53.1 Å². The molecular weight excluding hydrogens is 428 g/mol. The Balaban J connectivity index is 2.09. The van der Waals surface area contributed by atoms with Crippen molar-refractivity contribution in [3.63, 3.8) is 0 Å². The molecule has 0 amide bonds. The summed E-state index contributed by atoms with van der Waals surface area (Å²) in [5.74, 6) is 0.760. The van der Waals surface area contributed by atoms with E-state index in [0.29, 0.717) is 33.9 Å². The molecule has 0 saturated carbocycles. The zero-order valence-corrected chi connectivity index (χ0v) is 19.3. The van der Waals surface area contributed by atoms with Gasteiger partial charge in [0.05, 0.1) is 18.2 Å². The van der Waals surface area contributed by atoms with Crippen LogP contribution in [0.15, 0.2) is 36.4 Å². The fraction of sp³-hybridized carbons (Fsp3) is 0.320. The average Bonchev–Trinajstić information content (AvgIpc) is 2.80. The van der Waals surface area contributed by atoms with Gasteiger partial charge in [0.15, 0.2) is 13.6 Å². The predicted molar refractivity (Wildman–Crippen MR) is 123 cm³/mol. The van der Waals surface area contributed by atoms with Gasteiger partial charge in [-0.05, 0) is 56.3 Å². The van der Waals surface area contributed by atoms with Crippen LogP contribution >= 0.6 is 0 Å². The van der Waals surface area contributed by atoms with E-state index >= 15 is 0 Å². The van der Waals surface area contributed by atoms with Crippen LogP contribution in [0.3, 0.4) is 0 Å². The minimum Gasteiger partial charge on any atom is -0.507 e. The predicted octanol–water partition coefficient (Wildman–Crippen LogP) is 4.26. The Kier molecular flexibility index (Phi) is 7.63. The van der Waals surface area contributed by atoms with Crippen LogP contribution in [-0.2, 0) is 19.0 Å². The maximum atomic E-state index is 12.7. The Morgan fingerprint density at radius 1 is 1.06 bits per heavy atom. The Morgan fingerprint density at radius 3 is 2.48 bits per heavy atom. The molecule has 8 heteroatoms. The molecule has 0 aromatic heterocycles. The molecule has 0 saturated heterocycles. The molecule has 0 fully saturated rings. The Labute approximate surface area is 192 Å². The quantitative estimate of drug-likeness (QED) is 0.259. The molecule has 176 valence electrons. The first kappa shape index (κ1) is 24.2. The van der Waals surface area contributed by atoms with E-state index in [2.05, 4.69) is 0 Å². The van der Waals surface area contributed by atoms with Gasteiger partial charge in [-0.25, -0.2) is 4.79 Å². The van der Waals surface area contributed by atoms with Crippen LogP contribution in [0.2, 0.25) is 0 Å². The van der Waals surface area contributed by atoms with Crippen molar-refractivity contribution in [1.29, 1.82) is 0 Å². The number of phenols is 1. The highest BCUT2D eigenvalue weighted by Crippen LogP contribution is 2.40. The standard InChI is InChI=1S/C25H28O8/c1-25(2)11-10-19-21(33-25)9-6-16(23(19)26)12-20(24(27)30-5)18-8-7-17(31-14-28-3)13-22(18)32-15-29-4/h6-13,26H,14-15H2,1-5H3. The van der Waals surface area contributed by atoms with Crippen molar-refractivity contribution < 1.29 is 38.3 Å². The van der Waals surface area contributed by atoms with Crippen molar-refractivity contribution in [2.45, 2.75) is 19.4 Å². The Morgan fingerprint density at radius 2 is 1.79 bits per heavy atom. The maximum Gasteiger partial charge on any atom is 0.338 e. The topological polar surface area (TPSA) is 92.7 Å². The van der Waals surface area contributed by atoms with Crippen molar-refractivity contribution in [1.82, 2.24) is 0 Å². The van der Waals surface area contributed by atoms with E-state index in [-0.39, 0.29) is 24.9 Å². The first-order valence-electron chi connectivity index (χ1n) is 10.2. The first-order chi connectivity index (χ1) is 15.8. The number of fused-ring (bicyclic) bond motifs is 1. The summed E-state index contributed by atoms with van der Waals surface area (Å²) in [6, 6.07) is 8.40. The average molecular weight is 456 g/mol. The minimum atomic E-state index is -0.604. The van der Waals surface area contributed by atoms with E-state index in [0.717, 1.165) is 0 Å². The number of ether oxygens (including phenoxy) is 6. The van der Waals surface area contributed by atoms with Gasteiger partial charge in [-0.3, -0.25) is 0 Å². The zero-order chi connectivity index (χ0) is 24.0. The van der Waals surface area contributed by atoms with Crippen LogP contribution in [0.4, 0.5) is 0 Å². The third kappa shape index (κ3) is 5.66. The number of carbonyl (C=O) groups is 1. The lowest BCUT2D eigenvalue weighted by Crippen LogP contribution is -2.27. The number of rotatable bonds is 9. The molecule has 1 N–H and O–H groups in total. The molecule has 2 aromatic carbocycles. The van der Waals surface area contributed by atoms with E-state index in [1.165, 1.54) is 21.3 Å². The van der Waals surface area contributed by atoms with Gasteiger partial charge < -0.3 is 33.5 Å². The van der Waals surface area contributed by atoms with Crippen molar-refractivity contribution in [2.75, 3.05) is 34.9 Å². The van der Waals surface area contributed by atoms with E-state index in [1.807, 2.05) is 19.9 Å². The molecule has 0 spiro atoms. The van der Waals surface area contributed by atoms with E-state index in [4.69, 9.17) is 28.4 Å². The minimum absolute atomic E-state index is 0.0138. The molecule has 3 rings (SSSR count). The van der Waals surface area contributed by atoms with Crippen LogP contribution in [0.5, 0.6) is 23.0 Å². The number of benzene rings is 2. The fourth-order valence-corrected chi connectivity index (χ4v) is 3.27. The second-order valence-corrected chi connectivity index (χ2v) is 7.76. The molecule has 33 heavy (non-hydrogen) atoms. The third-order valence-corrected chi connectivity index (χ3v) is 4.86. The van der Waals surface area contributed by atoms with E-state index in [1.54, 1.807) is 42.5 Å². The molecule has 0 radical (unpaired) electrons. The molecule has 0 aliphatic carbocycles. The Bertz CT molecular complexity index is 1070. The summed E-state index contributed by atoms with van der Waals surface area (Å²) in [7, 11) is 4.29. The summed E-state index contributed by atoms with van der Waals surface area (Å²) >= 11 is 0. The summed E-state index contributed by atoms with van der Waals surface area (Å²) in [5.41, 5.74) is 1.09. The number of aromatic hydroxyl groups is 1. The lowest BCUT2D eigenvalue weighted by Gasteiger charge is -2.28. The first-order valence-corrected chi connectivity index (χ1v) is 10.2. The van der Waals surface area contributed by atoms with Crippen LogP contribution in [0.25, 0.3) is 17.7 Å². The summed E-state index contributed by atoms with van der Waals surface area (Å²) in [4.78, 5) is 12.7.